The van der Waals surface area contributed by atoms with E-state index in [4.69, 9.17) is 4.74 Å². The fourth-order valence-electron chi connectivity index (χ4n) is 1.95. The van der Waals surface area contributed by atoms with E-state index in [2.05, 4.69) is 4.57 Å². The van der Waals surface area contributed by atoms with E-state index in [0.29, 0.717) is 6.42 Å². The molecule has 1 aromatic heterocycles. The second kappa shape index (κ2) is 8.00. The summed E-state index contributed by atoms with van der Waals surface area (Å²) in [5.74, 6) is 1.04. The van der Waals surface area contributed by atoms with Gasteiger partial charge >= 0.3 is 5.97 Å². The van der Waals surface area contributed by atoms with Crippen LogP contribution in [0.25, 0.3) is 0 Å². The molecule has 0 spiro atoms. The van der Waals surface area contributed by atoms with Crippen molar-refractivity contribution in [2.45, 2.75) is 38.6 Å². The monoisotopic (exact) mass is 278 g/mol. The van der Waals surface area contributed by atoms with Crippen LogP contribution in [0, 0.1) is 0 Å². The molecular formula is C15H20NO2S+. The number of nitrogens with zero attached hydrogens (tertiary/aromatic N) is 1. The highest BCUT2D eigenvalue weighted by atomic mass is 32.2. The van der Waals surface area contributed by atoms with Gasteiger partial charge in [-0.15, -0.1) is 11.8 Å². The summed E-state index contributed by atoms with van der Waals surface area (Å²) in [5.41, 5.74) is 0. The van der Waals surface area contributed by atoms with Crippen molar-refractivity contribution in [2.75, 3.05) is 5.75 Å². The van der Waals surface area contributed by atoms with Crippen LogP contribution in [-0.2, 0) is 16.1 Å². The number of aryl methyl sites for hydroxylation is 1. The Hall–Kier alpha value is -1.29. The molecule has 0 radical (unpaired) electrons. The summed E-state index contributed by atoms with van der Waals surface area (Å²) in [4.78, 5) is 12.7. The van der Waals surface area contributed by atoms with E-state index in [1.807, 2.05) is 30.6 Å². The lowest BCUT2D eigenvalue weighted by Crippen LogP contribution is -2.32. The zero-order valence-electron chi connectivity index (χ0n) is 11.1. The largest absolute Gasteiger partial charge is 0.434 e. The number of carbonyl (C=O) groups is 1. The molecule has 0 amide bonds. The molecular weight excluding hydrogens is 258 g/mol. The highest BCUT2D eigenvalue weighted by Crippen LogP contribution is 2.29. The lowest BCUT2D eigenvalue weighted by molar-refractivity contribution is -0.697. The summed E-state index contributed by atoms with van der Waals surface area (Å²) in [6.07, 6.45) is 10.4. The summed E-state index contributed by atoms with van der Waals surface area (Å²) in [6.45, 7) is 0.949. The number of thioether (sulfide) groups is 1. The third-order valence-corrected chi connectivity index (χ3v) is 4.17. The van der Waals surface area contributed by atoms with Crippen LogP contribution in [0.3, 0.4) is 0 Å². The molecule has 0 N–H and O–H groups in total. The van der Waals surface area contributed by atoms with Gasteiger partial charge in [-0.05, 0) is 25.0 Å². The molecule has 0 aromatic carbocycles. The van der Waals surface area contributed by atoms with Crippen molar-refractivity contribution in [3.8, 4) is 0 Å². The number of carbonyl (C=O) groups excluding carboxylic acids is 1. The van der Waals surface area contributed by atoms with Gasteiger partial charge in [0.25, 0.3) is 0 Å². The molecule has 1 aliphatic rings. The minimum Gasteiger partial charge on any atom is -0.434 e. The Labute approximate surface area is 118 Å². The molecule has 0 bridgehead atoms. The number of hydrogen-bond donors (Lipinski definition) is 0. The number of pyridine rings is 1. The lowest BCUT2D eigenvalue weighted by Gasteiger charge is -2.00. The van der Waals surface area contributed by atoms with Crippen LogP contribution in [0.15, 0.2) is 41.8 Å². The van der Waals surface area contributed by atoms with Gasteiger partial charge in [0.05, 0.1) is 0 Å². The summed E-state index contributed by atoms with van der Waals surface area (Å²) in [7, 11) is 0. The Morgan fingerprint density at radius 2 is 2.16 bits per heavy atom. The van der Waals surface area contributed by atoms with Crippen LogP contribution in [-0.4, -0.2) is 11.7 Å². The van der Waals surface area contributed by atoms with Gasteiger partial charge in [0.2, 0.25) is 0 Å². The van der Waals surface area contributed by atoms with Crippen molar-refractivity contribution >= 4 is 17.7 Å². The van der Waals surface area contributed by atoms with E-state index in [1.165, 1.54) is 11.3 Å². The maximum atomic E-state index is 11.5. The van der Waals surface area contributed by atoms with E-state index < -0.39 is 0 Å². The van der Waals surface area contributed by atoms with E-state index in [9.17, 15) is 4.79 Å². The van der Waals surface area contributed by atoms with E-state index in [-0.39, 0.29) is 5.97 Å². The number of unbranched alkanes of at least 4 members (excludes halogenated alkanes) is 1. The number of rotatable bonds is 6. The fraction of sp³-hybridized carbons (Fsp3) is 0.467. The van der Waals surface area contributed by atoms with Gasteiger partial charge in [-0.1, -0.05) is 6.07 Å². The number of allylic oxidation sites excluding steroid dienone is 1. The number of ether oxygens (including phenoxy) is 1. The fourth-order valence-corrected chi connectivity index (χ4v) is 2.91. The van der Waals surface area contributed by atoms with E-state index in [0.717, 1.165) is 31.6 Å². The Bertz CT molecular complexity index is 423. The Kier molecular flexibility index (Phi) is 5.95. The van der Waals surface area contributed by atoms with Crippen LogP contribution in [0.2, 0.25) is 0 Å². The summed E-state index contributed by atoms with van der Waals surface area (Å²) < 4.78 is 7.28. The summed E-state index contributed by atoms with van der Waals surface area (Å²) in [5, 5.41) is 0. The SMILES string of the molecule is O=C(CCCC[n+]1ccccc1)OC=C1CCCS1. The van der Waals surface area contributed by atoms with E-state index in [1.54, 1.807) is 18.0 Å². The van der Waals surface area contributed by atoms with Gasteiger partial charge in [0.1, 0.15) is 12.8 Å². The van der Waals surface area contributed by atoms with Crippen molar-refractivity contribution < 1.29 is 14.1 Å². The predicted molar refractivity (Wildman–Crippen MR) is 76.4 cm³/mol. The average molecular weight is 278 g/mol. The molecule has 1 saturated heterocycles. The van der Waals surface area contributed by atoms with Crippen LogP contribution in [0.1, 0.15) is 32.1 Å². The first kappa shape index (κ1) is 14.1. The number of esters is 1. The van der Waals surface area contributed by atoms with Crippen LogP contribution < -0.4 is 4.57 Å². The quantitative estimate of drug-likeness (QED) is 0.347. The highest BCUT2D eigenvalue weighted by Gasteiger charge is 2.09. The molecule has 102 valence electrons. The second-order valence-electron chi connectivity index (χ2n) is 4.60. The van der Waals surface area contributed by atoms with Gasteiger partial charge in [0, 0.05) is 29.9 Å². The maximum absolute atomic E-state index is 11.5. The van der Waals surface area contributed by atoms with Gasteiger partial charge in [-0.25, -0.2) is 4.57 Å². The molecule has 1 fully saturated rings. The van der Waals surface area contributed by atoms with Crippen LogP contribution in [0.5, 0.6) is 0 Å². The third-order valence-electron chi connectivity index (χ3n) is 3.00. The molecule has 2 rings (SSSR count). The first-order valence-electron chi connectivity index (χ1n) is 6.80. The first-order valence-corrected chi connectivity index (χ1v) is 7.78. The average Bonchev–Trinajstić information content (AvgIpc) is 2.96. The summed E-state index contributed by atoms with van der Waals surface area (Å²) >= 11 is 1.79. The van der Waals surface area contributed by atoms with Crippen molar-refractivity contribution in [3.63, 3.8) is 0 Å². The molecule has 1 aliphatic heterocycles. The van der Waals surface area contributed by atoms with Crippen LogP contribution in [0.4, 0.5) is 0 Å². The molecule has 1 aromatic rings. The minimum absolute atomic E-state index is 0.113. The van der Waals surface area contributed by atoms with E-state index >= 15 is 0 Å². The van der Waals surface area contributed by atoms with Crippen molar-refractivity contribution in [2.24, 2.45) is 0 Å². The molecule has 19 heavy (non-hydrogen) atoms. The Balaban J connectivity index is 1.58. The first-order chi connectivity index (χ1) is 9.34. The van der Waals surface area contributed by atoms with Gasteiger partial charge in [0.15, 0.2) is 12.4 Å². The normalized spacial score (nSPS) is 16.7. The maximum Gasteiger partial charge on any atom is 0.310 e. The number of aromatic nitrogens is 1. The molecule has 3 nitrogen and oxygen atoms in total. The molecule has 0 unspecified atom stereocenters. The standard InChI is InChI=1S/C15H20NO2S/c17-15(18-13-14-7-6-12-19-14)8-2-5-11-16-9-3-1-4-10-16/h1,3-4,9-10,13H,2,5-8,11-12H2/q+1. The second-order valence-corrected chi connectivity index (χ2v) is 5.82. The Morgan fingerprint density at radius 3 is 2.89 bits per heavy atom. The molecule has 0 saturated carbocycles. The molecule has 4 heteroatoms. The van der Waals surface area contributed by atoms with Crippen LogP contribution >= 0.6 is 11.8 Å². The third kappa shape index (κ3) is 5.47. The zero-order chi connectivity index (χ0) is 13.3. The highest BCUT2D eigenvalue weighted by molar-refractivity contribution is 8.03. The van der Waals surface area contributed by atoms with Gasteiger partial charge in [-0.3, -0.25) is 4.79 Å². The van der Waals surface area contributed by atoms with Crippen molar-refractivity contribution in [1.29, 1.82) is 0 Å². The topological polar surface area (TPSA) is 30.2 Å². The van der Waals surface area contributed by atoms with Crippen molar-refractivity contribution in [3.05, 3.63) is 41.8 Å². The predicted octanol–water partition coefficient (Wildman–Crippen LogP) is 3.06. The summed E-state index contributed by atoms with van der Waals surface area (Å²) in [6, 6.07) is 6.03. The number of hydrogen-bond acceptors (Lipinski definition) is 3. The molecule has 0 aliphatic carbocycles. The lowest BCUT2D eigenvalue weighted by atomic mass is 10.2. The molecule has 2 heterocycles. The molecule has 0 atom stereocenters. The Morgan fingerprint density at radius 1 is 1.32 bits per heavy atom. The van der Waals surface area contributed by atoms with Crippen molar-refractivity contribution in [1.82, 2.24) is 0 Å². The van der Waals surface area contributed by atoms with Gasteiger partial charge in [-0.2, -0.15) is 0 Å². The smallest absolute Gasteiger partial charge is 0.310 e. The zero-order valence-corrected chi connectivity index (χ0v) is 11.9. The van der Waals surface area contributed by atoms with Gasteiger partial charge < -0.3 is 4.74 Å². The minimum atomic E-state index is -0.113.